The zero-order valence-corrected chi connectivity index (χ0v) is 10.7. The molecular formula is C13H17ClN2O. The predicted molar refractivity (Wildman–Crippen MR) is 70.5 cm³/mol. The first-order chi connectivity index (χ1) is 8.19. The van der Waals surface area contributed by atoms with Crippen molar-refractivity contribution in [3.63, 3.8) is 0 Å². The van der Waals surface area contributed by atoms with Crippen molar-refractivity contribution in [3.8, 4) is 0 Å². The second kappa shape index (κ2) is 5.41. The molecule has 0 saturated heterocycles. The van der Waals surface area contributed by atoms with Gasteiger partial charge in [-0.05, 0) is 36.5 Å². The standard InChI is InChI=1S/C13H17ClN2O/c1-2-9(7-12-8-17-13(15)16-12)10-3-5-11(14)6-4-10/h3-6,9,12H,2,7-8H2,1H3,(H2,15,16)/t9?,12-/m0/s1. The molecule has 0 fully saturated rings. The number of benzene rings is 1. The number of nitrogens with zero attached hydrogens (tertiary/aromatic N) is 1. The van der Waals surface area contributed by atoms with E-state index in [9.17, 15) is 0 Å². The largest absolute Gasteiger partial charge is 0.463 e. The Morgan fingerprint density at radius 3 is 2.71 bits per heavy atom. The summed E-state index contributed by atoms with van der Waals surface area (Å²) in [5, 5.41) is 0.773. The maximum atomic E-state index is 5.89. The highest BCUT2D eigenvalue weighted by atomic mass is 35.5. The number of halogens is 1. The molecule has 0 bridgehead atoms. The number of ether oxygens (including phenoxy) is 1. The Labute approximate surface area is 107 Å². The maximum Gasteiger partial charge on any atom is 0.282 e. The summed E-state index contributed by atoms with van der Waals surface area (Å²) in [5.41, 5.74) is 6.81. The van der Waals surface area contributed by atoms with Crippen molar-refractivity contribution in [1.82, 2.24) is 0 Å². The van der Waals surface area contributed by atoms with E-state index in [1.54, 1.807) is 0 Å². The molecule has 17 heavy (non-hydrogen) atoms. The molecule has 0 aliphatic carbocycles. The summed E-state index contributed by atoms with van der Waals surface area (Å²) in [4.78, 5) is 4.27. The summed E-state index contributed by atoms with van der Waals surface area (Å²) >= 11 is 5.89. The highest BCUT2D eigenvalue weighted by Gasteiger charge is 2.21. The van der Waals surface area contributed by atoms with Crippen LogP contribution in [0, 0.1) is 0 Å². The van der Waals surface area contributed by atoms with Crippen LogP contribution in [0.4, 0.5) is 0 Å². The molecule has 0 saturated carbocycles. The molecule has 0 radical (unpaired) electrons. The van der Waals surface area contributed by atoms with Crippen LogP contribution in [0.25, 0.3) is 0 Å². The second-order valence-electron chi connectivity index (χ2n) is 4.32. The van der Waals surface area contributed by atoms with Crippen LogP contribution in [0.1, 0.15) is 31.2 Å². The second-order valence-corrected chi connectivity index (χ2v) is 4.76. The molecule has 4 heteroatoms. The van der Waals surface area contributed by atoms with Gasteiger partial charge in [-0.15, -0.1) is 0 Å². The molecular weight excluding hydrogens is 236 g/mol. The smallest absolute Gasteiger partial charge is 0.282 e. The topological polar surface area (TPSA) is 47.6 Å². The maximum absolute atomic E-state index is 5.89. The fourth-order valence-electron chi connectivity index (χ4n) is 2.16. The van der Waals surface area contributed by atoms with Crippen LogP contribution in [0.2, 0.25) is 5.02 Å². The minimum Gasteiger partial charge on any atom is -0.463 e. The molecule has 2 rings (SSSR count). The first-order valence-electron chi connectivity index (χ1n) is 5.90. The SMILES string of the molecule is CCC(C[C@H]1COC(N)=N1)c1ccc(Cl)cc1. The average molecular weight is 253 g/mol. The highest BCUT2D eigenvalue weighted by Crippen LogP contribution is 2.27. The van der Waals surface area contributed by atoms with Crippen molar-refractivity contribution in [3.05, 3.63) is 34.9 Å². The van der Waals surface area contributed by atoms with Gasteiger partial charge in [-0.25, -0.2) is 4.99 Å². The minimum atomic E-state index is 0.190. The third-order valence-electron chi connectivity index (χ3n) is 3.12. The molecule has 1 aromatic rings. The van der Waals surface area contributed by atoms with E-state index in [0.717, 1.165) is 17.9 Å². The first-order valence-corrected chi connectivity index (χ1v) is 6.28. The molecule has 1 heterocycles. The number of amidine groups is 1. The molecule has 1 unspecified atom stereocenters. The first kappa shape index (κ1) is 12.2. The number of hydrogen-bond donors (Lipinski definition) is 1. The Morgan fingerprint density at radius 2 is 2.18 bits per heavy atom. The molecule has 2 atom stereocenters. The molecule has 0 spiro atoms. The van der Waals surface area contributed by atoms with Crippen molar-refractivity contribution in [2.45, 2.75) is 31.7 Å². The van der Waals surface area contributed by atoms with Gasteiger partial charge in [-0.3, -0.25) is 0 Å². The summed E-state index contributed by atoms with van der Waals surface area (Å²) in [6, 6.07) is 8.54. The minimum absolute atomic E-state index is 0.190. The van der Waals surface area contributed by atoms with Crippen LogP contribution < -0.4 is 5.73 Å². The van der Waals surface area contributed by atoms with E-state index >= 15 is 0 Å². The van der Waals surface area contributed by atoms with Crippen molar-refractivity contribution in [2.75, 3.05) is 6.61 Å². The fraction of sp³-hybridized carbons (Fsp3) is 0.462. The van der Waals surface area contributed by atoms with Crippen LogP contribution in [-0.4, -0.2) is 18.7 Å². The summed E-state index contributed by atoms with van der Waals surface area (Å²) in [5.74, 6) is 0.482. The lowest BCUT2D eigenvalue weighted by Gasteiger charge is -2.17. The van der Waals surface area contributed by atoms with Crippen molar-refractivity contribution < 1.29 is 4.74 Å². The fourth-order valence-corrected chi connectivity index (χ4v) is 2.28. The molecule has 1 aliphatic rings. The summed E-state index contributed by atoms with van der Waals surface area (Å²) in [7, 11) is 0. The Balaban J connectivity index is 2.04. The summed E-state index contributed by atoms with van der Waals surface area (Å²) in [6.45, 7) is 2.79. The van der Waals surface area contributed by atoms with Gasteiger partial charge in [0, 0.05) is 5.02 Å². The third kappa shape index (κ3) is 3.13. The Morgan fingerprint density at radius 1 is 1.47 bits per heavy atom. The van der Waals surface area contributed by atoms with Gasteiger partial charge in [0.05, 0.1) is 6.04 Å². The lowest BCUT2D eigenvalue weighted by molar-refractivity contribution is 0.301. The quantitative estimate of drug-likeness (QED) is 0.896. The van der Waals surface area contributed by atoms with E-state index in [-0.39, 0.29) is 6.04 Å². The average Bonchev–Trinajstić information content (AvgIpc) is 2.73. The Bertz CT molecular complexity index is 402. The molecule has 0 amide bonds. The van der Waals surface area contributed by atoms with Crippen molar-refractivity contribution in [2.24, 2.45) is 10.7 Å². The summed E-state index contributed by atoms with van der Waals surface area (Å²) < 4.78 is 5.17. The highest BCUT2D eigenvalue weighted by molar-refractivity contribution is 6.30. The van der Waals surface area contributed by atoms with Crippen LogP contribution in [0.5, 0.6) is 0 Å². The van der Waals surface area contributed by atoms with Crippen molar-refractivity contribution >= 4 is 17.6 Å². The normalized spacial score (nSPS) is 20.8. The van der Waals surface area contributed by atoms with Gasteiger partial charge in [0.25, 0.3) is 6.02 Å². The van der Waals surface area contributed by atoms with Crippen LogP contribution in [0.3, 0.4) is 0 Å². The van der Waals surface area contributed by atoms with Gasteiger partial charge >= 0.3 is 0 Å². The molecule has 2 N–H and O–H groups in total. The molecule has 1 aliphatic heterocycles. The van der Waals surface area contributed by atoms with Crippen LogP contribution in [-0.2, 0) is 4.74 Å². The molecule has 1 aromatic carbocycles. The molecule has 92 valence electrons. The zero-order valence-electron chi connectivity index (χ0n) is 9.90. The van der Waals surface area contributed by atoms with E-state index in [4.69, 9.17) is 22.1 Å². The van der Waals surface area contributed by atoms with Gasteiger partial charge in [0.1, 0.15) is 6.61 Å². The van der Waals surface area contributed by atoms with E-state index in [1.807, 2.05) is 12.1 Å². The number of nitrogens with two attached hydrogens (primary N) is 1. The lowest BCUT2D eigenvalue weighted by Crippen LogP contribution is -2.12. The van der Waals surface area contributed by atoms with Gasteiger partial charge in [-0.2, -0.15) is 0 Å². The van der Waals surface area contributed by atoms with Crippen LogP contribution >= 0.6 is 11.6 Å². The van der Waals surface area contributed by atoms with E-state index < -0.39 is 0 Å². The van der Waals surface area contributed by atoms with E-state index in [1.165, 1.54) is 5.56 Å². The zero-order chi connectivity index (χ0) is 12.3. The Kier molecular flexibility index (Phi) is 3.89. The number of hydrogen-bond acceptors (Lipinski definition) is 3. The lowest BCUT2D eigenvalue weighted by atomic mass is 9.90. The summed E-state index contributed by atoms with van der Waals surface area (Å²) in [6.07, 6.45) is 2.05. The van der Waals surface area contributed by atoms with Crippen molar-refractivity contribution in [1.29, 1.82) is 0 Å². The van der Waals surface area contributed by atoms with E-state index in [0.29, 0.717) is 18.5 Å². The Hall–Kier alpha value is -1.22. The van der Waals surface area contributed by atoms with Gasteiger partial charge in [0.2, 0.25) is 0 Å². The van der Waals surface area contributed by atoms with Crippen LogP contribution in [0.15, 0.2) is 29.3 Å². The monoisotopic (exact) mass is 252 g/mol. The van der Waals surface area contributed by atoms with Gasteiger partial charge in [-0.1, -0.05) is 30.7 Å². The third-order valence-corrected chi connectivity index (χ3v) is 3.38. The molecule has 3 nitrogen and oxygen atoms in total. The molecule has 0 aromatic heterocycles. The van der Waals surface area contributed by atoms with Gasteiger partial charge in [0.15, 0.2) is 0 Å². The number of rotatable bonds is 4. The predicted octanol–water partition coefficient (Wildman–Crippen LogP) is 2.94. The van der Waals surface area contributed by atoms with Gasteiger partial charge < -0.3 is 10.5 Å². The van der Waals surface area contributed by atoms with E-state index in [2.05, 4.69) is 24.0 Å². The number of aliphatic imine (C=N–C) groups is 1.